The van der Waals surface area contributed by atoms with Crippen LogP contribution < -0.4 is 0 Å². The summed E-state index contributed by atoms with van der Waals surface area (Å²) in [6.45, 7) is 0. The molecule has 0 saturated heterocycles. The van der Waals surface area contributed by atoms with Crippen LogP contribution in [0.3, 0.4) is 0 Å². The topological polar surface area (TPSA) is 51.0 Å². The van der Waals surface area contributed by atoms with E-state index in [1.54, 1.807) is 12.3 Å². The summed E-state index contributed by atoms with van der Waals surface area (Å²) in [6.07, 6.45) is 9.43. The average molecular weight is 239 g/mol. The van der Waals surface area contributed by atoms with E-state index in [4.69, 9.17) is 0 Å². The Kier molecular flexibility index (Phi) is 4.19. The molecule has 0 aromatic rings. The minimum Gasteiger partial charge on any atom is -0.466 e. The molecule has 0 aromatic heterocycles. The van der Waals surface area contributed by atoms with Crippen molar-refractivity contribution in [2.45, 2.75) is 6.42 Å². The number of ether oxygens (including phenoxy) is 1. The molecule has 16 heavy (non-hydrogen) atoms. The van der Waals surface area contributed by atoms with Crippen LogP contribution in [0.25, 0.3) is 0 Å². The Morgan fingerprint density at radius 3 is 3.00 bits per heavy atom. The SMILES string of the molecule is COC(=O)C1=CC=C2C=CC=NN=C2C1.Cl. The second-order valence-corrected chi connectivity index (χ2v) is 3.15. The molecule has 0 radical (unpaired) electrons. The third-order valence-electron chi connectivity index (χ3n) is 2.21. The quantitative estimate of drug-likeness (QED) is 0.655. The number of halogens is 1. The van der Waals surface area contributed by atoms with E-state index >= 15 is 0 Å². The molecular formula is C11H11ClN2O2. The van der Waals surface area contributed by atoms with E-state index in [9.17, 15) is 4.79 Å². The Labute approximate surface area is 99.5 Å². The van der Waals surface area contributed by atoms with Crippen molar-refractivity contribution in [2.24, 2.45) is 10.2 Å². The van der Waals surface area contributed by atoms with E-state index in [1.165, 1.54) is 7.11 Å². The highest BCUT2D eigenvalue weighted by Crippen LogP contribution is 2.19. The van der Waals surface area contributed by atoms with E-state index in [1.807, 2.05) is 18.2 Å². The largest absolute Gasteiger partial charge is 0.466 e. The van der Waals surface area contributed by atoms with E-state index in [0.717, 1.165) is 11.3 Å². The summed E-state index contributed by atoms with van der Waals surface area (Å²) in [7, 11) is 1.37. The fraction of sp³-hybridized carbons (Fsp3) is 0.182. The van der Waals surface area contributed by atoms with Gasteiger partial charge in [0, 0.05) is 18.2 Å². The summed E-state index contributed by atoms with van der Waals surface area (Å²) in [5, 5.41) is 7.85. The number of nitrogens with zero attached hydrogens (tertiary/aromatic N) is 2. The molecule has 84 valence electrons. The van der Waals surface area contributed by atoms with E-state index < -0.39 is 0 Å². The molecular weight excluding hydrogens is 228 g/mol. The molecule has 1 heterocycles. The van der Waals surface area contributed by atoms with Crippen molar-refractivity contribution in [3.8, 4) is 0 Å². The second-order valence-electron chi connectivity index (χ2n) is 3.15. The lowest BCUT2D eigenvalue weighted by Gasteiger charge is -2.11. The second kappa shape index (κ2) is 5.42. The molecule has 2 rings (SSSR count). The minimum absolute atomic E-state index is 0. The van der Waals surface area contributed by atoms with Crippen LogP contribution in [0.4, 0.5) is 0 Å². The summed E-state index contributed by atoms with van der Waals surface area (Å²) in [5.41, 5.74) is 2.38. The third-order valence-corrected chi connectivity index (χ3v) is 2.21. The fourth-order valence-electron chi connectivity index (χ4n) is 1.43. The van der Waals surface area contributed by atoms with Crippen LogP contribution in [-0.4, -0.2) is 25.0 Å². The first-order chi connectivity index (χ1) is 7.31. The molecule has 4 nitrogen and oxygen atoms in total. The molecule has 0 atom stereocenters. The van der Waals surface area contributed by atoms with Gasteiger partial charge >= 0.3 is 5.97 Å². The van der Waals surface area contributed by atoms with Gasteiger partial charge in [0.1, 0.15) is 0 Å². The fourth-order valence-corrected chi connectivity index (χ4v) is 1.43. The lowest BCUT2D eigenvalue weighted by atomic mass is 9.96. The van der Waals surface area contributed by atoms with Gasteiger partial charge in [-0.2, -0.15) is 10.2 Å². The van der Waals surface area contributed by atoms with Crippen molar-refractivity contribution in [2.75, 3.05) is 7.11 Å². The van der Waals surface area contributed by atoms with Crippen molar-refractivity contribution < 1.29 is 9.53 Å². The predicted molar refractivity (Wildman–Crippen MR) is 65.1 cm³/mol. The first-order valence-electron chi connectivity index (χ1n) is 4.57. The zero-order chi connectivity index (χ0) is 10.7. The van der Waals surface area contributed by atoms with Gasteiger partial charge in [-0.25, -0.2) is 4.79 Å². The van der Waals surface area contributed by atoms with Crippen LogP contribution in [-0.2, 0) is 9.53 Å². The normalized spacial score (nSPS) is 17.2. The lowest BCUT2D eigenvalue weighted by Crippen LogP contribution is -2.13. The van der Waals surface area contributed by atoms with Crippen LogP contribution >= 0.6 is 12.4 Å². The molecule has 1 aliphatic heterocycles. The molecule has 0 unspecified atom stereocenters. The van der Waals surface area contributed by atoms with Crippen LogP contribution in [0.15, 0.2) is 45.7 Å². The number of carbonyl (C=O) groups excluding carboxylic acids is 1. The third kappa shape index (κ3) is 2.46. The van der Waals surface area contributed by atoms with Crippen molar-refractivity contribution in [3.63, 3.8) is 0 Å². The highest BCUT2D eigenvalue weighted by molar-refractivity contribution is 6.10. The Morgan fingerprint density at radius 1 is 1.44 bits per heavy atom. The Hall–Kier alpha value is -1.68. The van der Waals surface area contributed by atoms with Gasteiger partial charge in [0.05, 0.1) is 12.8 Å². The van der Waals surface area contributed by atoms with Gasteiger partial charge in [0.25, 0.3) is 0 Å². The van der Waals surface area contributed by atoms with Crippen LogP contribution in [0.2, 0.25) is 0 Å². The molecule has 5 heteroatoms. The Morgan fingerprint density at radius 2 is 2.25 bits per heavy atom. The standard InChI is InChI=1S/C11H10N2O2.ClH/c1-15-11(14)9-5-4-8-3-2-6-12-13-10(8)7-9;/h2-6H,7H2,1H3;1H. The summed E-state index contributed by atoms with van der Waals surface area (Å²) < 4.78 is 4.65. The zero-order valence-electron chi connectivity index (χ0n) is 8.71. The summed E-state index contributed by atoms with van der Waals surface area (Å²) in [5.74, 6) is -0.315. The van der Waals surface area contributed by atoms with Gasteiger partial charge in [0.2, 0.25) is 0 Å². The zero-order valence-corrected chi connectivity index (χ0v) is 9.53. The molecule has 0 N–H and O–H groups in total. The molecule has 0 amide bonds. The first kappa shape index (κ1) is 12.4. The number of methoxy groups -OCH3 is 1. The summed E-state index contributed by atoms with van der Waals surface area (Å²) >= 11 is 0. The number of esters is 1. The number of hydrogen-bond acceptors (Lipinski definition) is 4. The van der Waals surface area contributed by atoms with E-state index in [-0.39, 0.29) is 18.4 Å². The molecule has 0 spiro atoms. The number of rotatable bonds is 1. The van der Waals surface area contributed by atoms with Crippen molar-refractivity contribution in [3.05, 3.63) is 35.5 Å². The van der Waals surface area contributed by atoms with Gasteiger partial charge < -0.3 is 4.74 Å². The van der Waals surface area contributed by atoms with Gasteiger partial charge in [-0.3, -0.25) is 0 Å². The maximum atomic E-state index is 11.3. The number of fused-ring (bicyclic) bond motifs is 1. The average Bonchev–Trinajstić information content (AvgIpc) is 2.51. The van der Waals surface area contributed by atoms with Crippen LogP contribution in [0, 0.1) is 0 Å². The Balaban J connectivity index is 0.00000128. The molecule has 0 bridgehead atoms. The molecule has 0 saturated carbocycles. The van der Waals surface area contributed by atoms with Crippen molar-refractivity contribution >= 4 is 30.3 Å². The number of hydrogen-bond donors (Lipinski definition) is 0. The molecule has 1 aliphatic carbocycles. The van der Waals surface area contributed by atoms with Gasteiger partial charge in [-0.05, 0) is 11.6 Å². The summed E-state index contributed by atoms with van der Waals surface area (Å²) in [6, 6.07) is 0. The van der Waals surface area contributed by atoms with Gasteiger partial charge in [0.15, 0.2) is 0 Å². The molecule has 2 aliphatic rings. The van der Waals surface area contributed by atoms with Gasteiger partial charge in [-0.15, -0.1) is 12.4 Å². The minimum atomic E-state index is -0.315. The number of carbonyl (C=O) groups is 1. The van der Waals surface area contributed by atoms with Crippen LogP contribution in [0.1, 0.15) is 6.42 Å². The highest BCUT2D eigenvalue weighted by Gasteiger charge is 2.18. The highest BCUT2D eigenvalue weighted by atomic mass is 35.5. The first-order valence-corrected chi connectivity index (χ1v) is 4.57. The lowest BCUT2D eigenvalue weighted by molar-refractivity contribution is -0.136. The summed E-state index contributed by atoms with van der Waals surface area (Å²) in [4.78, 5) is 11.3. The van der Waals surface area contributed by atoms with Crippen molar-refractivity contribution in [1.82, 2.24) is 0 Å². The maximum Gasteiger partial charge on any atom is 0.334 e. The molecule has 0 fully saturated rings. The number of allylic oxidation sites excluding steroid dienone is 5. The monoisotopic (exact) mass is 238 g/mol. The predicted octanol–water partition coefficient (Wildman–Crippen LogP) is 1.83. The van der Waals surface area contributed by atoms with E-state index in [2.05, 4.69) is 14.9 Å². The van der Waals surface area contributed by atoms with E-state index in [0.29, 0.717) is 12.0 Å². The van der Waals surface area contributed by atoms with Gasteiger partial charge in [-0.1, -0.05) is 18.2 Å². The van der Waals surface area contributed by atoms with Crippen molar-refractivity contribution in [1.29, 1.82) is 0 Å². The maximum absolute atomic E-state index is 11.3. The molecule has 0 aromatic carbocycles. The smallest absolute Gasteiger partial charge is 0.334 e. The van der Waals surface area contributed by atoms with Crippen LogP contribution in [0.5, 0.6) is 0 Å². The Bertz CT molecular complexity index is 445.